The molecule has 0 spiro atoms. The summed E-state index contributed by atoms with van der Waals surface area (Å²) in [5.41, 5.74) is -2.11. The van der Waals surface area contributed by atoms with Crippen molar-refractivity contribution < 1.29 is 26.1 Å². The Kier molecular flexibility index (Phi) is 2.51. The molecule has 0 unspecified atom stereocenters. The Bertz CT molecular complexity index is 275. The number of rotatable bonds is 1. The fourth-order valence-electron chi connectivity index (χ4n) is 0.890. The van der Waals surface area contributed by atoms with Gasteiger partial charge in [-0.1, -0.05) is 24.3 Å². The van der Waals surface area contributed by atoms with Crippen molar-refractivity contribution in [3.05, 3.63) is 29.8 Å². The molecule has 0 bridgehead atoms. The average molecular weight is 213 g/mol. The van der Waals surface area contributed by atoms with Crippen LogP contribution in [-0.2, 0) is 6.18 Å². The molecule has 0 amide bonds. The Labute approximate surface area is 75.6 Å². The van der Waals surface area contributed by atoms with Crippen LogP contribution in [-0.4, -0.2) is 6.98 Å². The number of hydrogen-bond acceptors (Lipinski definition) is 0. The first-order valence-electron chi connectivity index (χ1n) is 3.58. The van der Waals surface area contributed by atoms with Gasteiger partial charge in [0.2, 0.25) is 0 Å². The molecule has 1 aromatic carbocycles. The molecular weight excluding hydrogens is 209 g/mol. The van der Waals surface area contributed by atoms with Crippen LogP contribution < -0.4 is 5.46 Å². The van der Waals surface area contributed by atoms with Gasteiger partial charge in [0.05, 0.1) is 5.56 Å². The van der Waals surface area contributed by atoms with Crippen molar-refractivity contribution in [2.75, 3.05) is 0 Å². The quantitative estimate of drug-likeness (QED) is 0.496. The minimum Gasteiger partial charge on any atom is -0.445 e. The summed E-state index contributed by atoms with van der Waals surface area (Å²) in [6.45, 7) is -5.23. The molecule has 0 N–H and O–H groups in total. The molecule has 0 radical (unpaired) electrons. The molecule has 0 atom stereocenters. The molecule has 14 heavy (non-hydrogen) atoms. The SMILES string of the molecule is F[B-](F)(F)c1ccc(C(F)(F)F)cc1. The average Bonchev–Trinajstić information content (AvgIpc) is 2.01. The highest BCUT2D eigenvalue weighted by Crippen LogP contribution is 2.28. The molecule has 1 rings (SSSR count). The summed E-state index contributed by atoms with van der Waals surface area (Å²) >= 11 is 0. The van der Waals surface area contributed by atoms with E-state index in [1.807, 2.05) is 0 Å². The maximum absolute atomic E-state index is 12.0. The molecule has 0 aliphatic carbocycles. The van der Waals surface area contributed by atoms with Crippen LogP contribution in [0.5, 0.6) is 0 Å². The van der Waals surface area contributed by atoms with Crippen molar-refractivity contribution in [3.63, 3.8) is 0 Å². The summed E-state index contributed by atoms with van der Waals surface area (Å²) in [7, 11) is 0. The summed E-state index contributed by atoms with van der Waals surface area (Å²) in [6, 6.07) is 1.71. The van der Waals surface area contributed by atoms with E-state index in [9.17, 15) is 26.1 Å². The van der Waals surface area contributed by atoms with Gasteiger partial charge in [0, 0.05) is 0 Å². The number of alkyl halides is 3. The van der Waals surface area contributed by atoms with Crippen LogP contribution in [0.3, 0.4) is 0 Å². The summed E-state index contributed by atoms with van der Waals surface area (Å²) in [5, 5.41) is 0. The van der Waals surface area contributed by atoms with Crippen molar-refractivity contribution in [2.45, 2.75) is 6.18 Å². The van der Waals surface area contributed by atoms with Crippen molar-refractivity contribution in [2.24, 2.45) is 0 Å². The normalized spacial score (nSPS) is 13.0. The Morgan fingerprint density at radius 2 is 1.29 bits per heavy atom. The standard InChI is InChI=1S/C7H4BF6/c9-7(10,11)5-1-3-6(4-2-5)8(12,13)14/h1-4H/q-1. The number of hydrogen-bond donors (Lipinski definition) is 0. The number of halogens is 6. The largest absolute Gasteiger partial charge is 0.509 e. The van der Waals surface area contributed by atoms with Gasteiger partial charge < -0.3 is 12.9 Å². The molecule has 78 valence electrons. The second kappa shape index (κ2) is 3.22. The summed E-state index contributed by atoms with van der Waals surface area (Å²) in [4.78, 5) is 0. The third kappa shape index (κ3) is 2.43. The van der Waals surface area contributed by atoms with Crippen molar-refractivity contribution in [3.8, 4) is 0 Å². The van der Waals surface area contributed by atoms with Crippen molar-refractivity contribution in [1.29, 1.82) is 0 Å². The molecule has 0 fully saturated rings. The van der Waals surface area contributed by atoms with Gasteiger partial charge >= 0.3 is 13.2 Å². The molecule has 7 heteroatoms. The van der Waals surface area contributed by atoms with E-state index in [1.54, 1.807) is 0 Å². The van der Waals surface area contributed by atoms with Crippen LogP contribution in [0.1, 0.15) is 5.56 Å². The minimum atomic E-state index is -5.23. The van der Waals surface area contributed by atoms with Crippen LogP contribution in [0.4, 0.5) is 26.1 Å². The van der Waals surface area contributed by atoms with Crippen LogP contribution in [0.2, 0.25) is 0 Å². The highest BCUT2D eigenvalue weighted by molar-refractivity contribution is 6.73. The molecule has 0 saturated heterocycles. The van der Waals surface area contributed by atoms with Crippen LogP contribution in [0, 0.1) is 0 Å². The lowest BCUT2D eigenvalue weighted by molar-refractivity contribution is -0.137. The van der Waals surface area contributed by atoms with E-state index >= 15 is 0 Å². The Hall–Kier alpha value is -1.14. The minimum absolute atomic E-state index is 0.421. The smallest absolute Gasteiger partial charge is 0.445 e. The van der Waals surface area contributed by atoms with Gasteiger partial charge in [0.1, 0.15) is 0 Å². The van der Waals surface area contributed by atoms with Gasteiger partial charge in [-0.2, -0.15) is 13.2 Å². The highest BCUT2D eigenvalue weighted by atomic mass is 19.4. The fraction of sp³-hybridized carbons (Fsp3) is 0.143. The number of benzene rings is 1. The first kappa shape index (κ1) is 10.9. The predicted octanol–water partition coefficient (Wildman–Crippen LogP) is 2.76. The van der Waals surface area contributed by atoms with Crippen LogP contribution in [0.15, 0.2) is 24.3 Å². The Morgan fingerprint density at radius 1 is 0.857 bits per heavy atom. The van der Waals surface area contributed by atoms with Gasteiger partial charge in [-0.05, 0) is 0 Å². The van der Waals surface area contributed by atoms with E-state index in [4.69, 9.17) is 0 Å². The lowest BCUT2D eigenvalue weighted by atomic mass is 9.80. The van der Waals surface area contributed by atoms with E-state index < -0.39 is 24.2 Å². The Balaban J connectivity index is 3.02. The lowest BCUT2D eigenvalue weighted by Gasteiger charge is -2.15. The molecule has 0 nitrogen and oxygen atoms in total. The van der Waals surface area contributed by atoms with E-state index in [-0.39, 0.29) is 0 Å². The fourth-order valence-corrected chi connectivity index (χ4v) is 0.890. The topological polar surface area (TPSA) is 0 Å². The second-order valence-electron chi connectivity index (χ2n) is 2.69. The molecular formula is C7H4BF6-. The predicted molar refractivity (Wildman–Crippen MR) is 40.2 cm³/mol. The molecule has 0 aromatic heterocycles. The zero-order valence-electron chi connectivity index (χ0n) is 6.65. The summed E-state index contributed by atoms with van der Waals surface area (Å²) in [6.07, 6.45) is -4.60. The Morgan fingerprint density at radius 3 is 1.57 bits per heavy atom. The van der Waals surface area contributed by atoms with Gasteiger partial charge in [0.15, 0.2) is 0 Å². The highest BCUT2D eigenvalue weighted by Gasteiger charge is 2.31. The van der Waals surface area contributed by atoms with E-state index in [0.29, 0.717) is 24.3 Å². The second-order valence-corrected chi connectivity index (χ2v) is 2.69. The summed E-state index contributed by atoms with van der Waals surface area (Å²) in [5.74, 6) is 0. The van der Waals surface area contributed by atoms with E-state index in [1.165, 1.54) is 0 Å². The van der Waals surface area contributed by atoms with Crippen molar-refractivity contribution >= 4 is 12.4 Å². The van der Waals surface area contributed by atoms with E-state index in [2.05, 4.69) is 0 Å². The van der Waals surface area contributed by atoms with Crippen LogP contribution in [0.25, 0.3) is 0 Å². The van der Waals surface area contributed by atoms with Gasteiger partial charge in [-0.15, -0.1) is 5.46 Å². The third-order valence-corrected chi connectivity index (χ3v) is 1.62. The first-order valence-corrected chi connectivity index (χ1v) is 3.58. The zero-order valence-corrected chi connectivity index (χ0v) is 6.65. The van der Waals surface area contributed by atoms with Crippen molar-refractivity contribution in [1.82, 2.24) is 0 Å². The maximum Gasteiger partial charge on any atom is 0.509 e. The van der Waals surface area contributed by atoms with Gasteiger partial charge in [0.25, 0.3) is 0 Å². The molecule has 0 heterocycles. The van der Waals surface area contributed by atoms with Crippen LogP contribution >= 0.6 is 0 Å². The maximum atomic E-state index is 12.0. The summed E-state index contributed by atoms with van der Waals surface area (Å²) < 4.78 is 71.8. The van der Waals surface area contributed by atoms with Gasteiger partial charge in [-0.25, -0.2) is 0 Å². The first-order chi connectivity index (χ1) is 6.21. The molecule has 0 saturated carbocycles. The molecule has 0 aliphatic heterocycles. The monoisotopic (exact) mass is 213 g/mol. The lowest BCUT2D eigenvalue weighted by Crippen LogP contribution is -2.33. The molecule has 1 aromatic rings. The van der Waals surface area contributed by atoms with E-state index in [0.717, 1.165) is 0 Å². The third-order valence-electron chi connectivity index (χ3n) is 1.62. The van der Waals surface area contributed by atoms with Gasteiger partial charge in [-0.3, -0.25) is 0 Å². The molecule has 0 aliphatic rings. The zero-order chi connectivity index (χ0) is 11.0.